The number of amides is 1. The van der Waals surface area contributed by atoms with Gasteiger partial charge < -0.3 is 14.8 Å². The van der Waals surface area contributed by atoms with Crippen molar-refractivity contribution in [2.24, 2.45) is 5.92 Å². The largest absolute Gasteiger partial charge is 0.444 e. The normalized spacial score (nSPS) is 33.0. The number of carbonyl (C=O) groups is 1. The Bertz CT molecular complexity index is 273. The van der Waals surface area contributed by atoms with Gasteiger partial charge in [0.15, 0.2) is 0 Å². The first-order chi connectivity index (χ1) is 7.94. The van der Waals surface area contributed by atoms with Crippen molar-refractivity contribution in [3.8, 4) is 0 Å². The molecule has 1 aliphatic carbocycles. The van der Waals surface area contributed by atoms with Gasteiger partial charge in [-0.2, -0.15) is 0 Å². The molecule has 0 aromatic rings. The molecule has 4 heteroatoms. The number of nitrogens with one attached hydrogen (secondary N) is 1. The van der Waals surface area contributed by atoms with E-state index in [1.54, 1.807) is 0 Å². The average Bonchev–Trinajstić information content (AvgIpc) is 2.99. The fraction of sp³-hybridized carbons (Fsp3) is 0.923. The third-order valence-electron chi connectivity index (χ3n) is 3.38. The second-order valence-electron chi connectivity index (χ2n) is 6.13. The fourth-order valence-corrected chi connectivity index (χ4v) is 2.44. The van der Waals surface area contributed by atoms with E-state index in [4.69, 9.17) is 9.47 Å². The number of rotatable bonds is 2. The Balaban J connectivity index is 1.68. The van der Waals surface area contributed by atoms with Gasteiger partial charge in [-0.25, -0.2) is 4.79 Å². The van der Waals surface area contributed by atoms with E-state index in [0.717, 1.165) is 32.3 Å². The lowest BCUT2D eigenvalue weighted by molar-refractivity contribution is 0.0485. The van der Waals surface area contributed by atoms with Crippen LogP contribution in [0.3, 0.4) is 0 Å². The van der Waals surface area contributed by atoms with E-state index in [1.807, 2.05) is 20.8 Å². The van der Waals surface area contributed by atoms with Gasteiger partial charge in [0.25, 0.3) is 0 Å². The molecule has 1 saturated carbocycles. The van der Waals surface area contributed by atoms with E-state index in [-0.39, 0.29) is 12.1 Å². The molecule has 0 unspecified atom stereocenters. The summed E-state index contributed by atoms with van der Waals surface area (Å²) in [4.78, 5) is 11.6. The Morgan fingerprint density at radius 1 is 1.24 bits per heavy atom. The minimum absolute atomic E-state index is 0.278. The van der Waals surface area contributed by atoms with Crippen LogP contribution in [0.2, 0.25) is 0 Å². The van der Waals surface area contributed by atoms with Gasteiger partial charge in [0.05, 0.1) is 12.7 Å². The Hall–Kier alpha value is -0.770. The molecule has 1 N–H and O–H groups in total. The summed E-state index contributed by atoms with van der Waals surface area (Å²) < 4.78 is 10.6. The Kier molecular flexibility index (Phi) is 3.61. The van der Waals surface area contributed by atoms with Gasteiger partial charge in [-0.3, -0.25) is 0 Å². The van der Waals surface area contributed by atoms with E-state index in [2.05, 4.69) is 5.32 Å². The van der Waals surface area contributed by atoms with Crippen LogP contribution in [-0.4, -0.2) is 30.4 Å². The van der Waals surface area contributed by atoms with E-state index in [9.17, 15) is 4.79 Å². The van der Waals surface area contributed by atoms with Gasteiger partial charge in [-0.15, -0.1) is 0 Å². The molecule has 0 aromatic carbocycles. The third-order valence-corrected chi connectivity index (χ3v) is 3.38. The monoisotopic (exact) mass is 241 g/mol. The van der Waals surface area contributed by atoms with Crippen molar-refractivity contribution in [1.29, 1.82) is 0 Å². The molecule has 1 saturated heterocycles. The van der Waals surface area contributed by atoms with Gasteiger partial charge in [0.1, 0.15) is 5.60 Å². The molecule has 4 nitrogen and oxygen atoms in total. The lowest BCUT2D eigenvalue weighted by Crippen LogP contribution is -2.41. The second-order valence-corrected chi connectivity index (χ2v) is 6.13. The summed E-state index contributed by atoms with van der Waals surface area (Å²) in [5, 5.41) is 2.95. The van der Waals surface area contributed by atoms with Gasteiger partial charge in [0.2, 0.25) is 0 Å². The number of epoxide rings is 1. The summed E-state index contributed by atoms with van der Waals surface area (Å²) in [5.74, 6) is 0.715. The van der Waals surface area contributed by atoms with Crippen molar-refractivity contribution in [3.63, 3.8) is 0 Å². The smallest absolute Gasteiger partial charge is 0.407 e. The number of hydrogen-bond acceptors (Lipinski definition) is 3. The van der Waals surface area contributed by atoms with Crippen LogP contribution in [0.25, 0.3) is 0 Å². The summed E-state index contributed by atoms with van der Waals surface area (Å²) in [6.45, 7) is 6.59. The van der Waals surface area contributed by atoms with Crippen molar-refractivity contribution >= 4 is 6.09 Å². The molecular formula is C13H23NO3. The van der Waals surface area contributed by atoms with Crippen LogP contribution in [0.15, 0.2) is 0 Å². The highest BCUT2D eigenvalue weighted by molar-refractivity contribution is 5.68. The first-order valence-electron chi connectivity index (χ1n) is 6.55. The van der Waals surface area contributed by atoms with Gasteiger partial charge in [-0.1, -0.05) is 0 Å². The summed E-state index contributed by atoms with van der Waals surface area (Å²) >= 11 is 0. The van der Waals surface area contributed by atoms with Crippen LogP contribution in [0.4, 0.5) is 4.79 Å². The van der Waals surface area contributed by atoms with Crippen molar-refractivity contribution < 1.29 is 14.3 Å². The zero-order valence-corrected chi connectivity index (χ0v) is 11.0. The summed E-state index contributed by atoms with van der Waals surface area (Å²) in [5.41, 5.74) is -0.414. The zero-order chi connectivity index (χ0) is 12.5. The van der Waals surface area contributed by atoms with Crippen molar-refractivity contribution in [3.05, 3.63) is 0 Å². The molecule has 98 valence electrons. The van der Waals surface area contributed by atoms with Crippen molar-refractivity contribution in [2.45, 2.75) is 64.2 Å². The maximum Gasteiger partial charge on any atom is 0.407 e. The first-order valence-corrected chi connectivity index (χ1v) is 6.55. The zero-order valence-electron chi connectivity index (χ0n) is 11.0. The van der Waals surface area contributed by atoms with Crippen LogP contribution in [0.5, 0.6) is 0 Å². The molecular weight excluding hydrogens is 218 g/mol. The highest BCUT2D eigenvalue weighted by atomic mass is 16.6. The quantitative estimate of drug-likeness (QED) is 0.756. The summed E-state index contributed by atoms with van der Waals surface area (Å²) in [6.07, 6.45) is 4.63. The van der Waals surface area contributed by atoms with E-state index in [1.165, 1.54) is 0 Å². The van der Waals surface area contributed by atoms with E-state index < -0.39 is 5.60 Å². The second kappa shape index (κ2) is 4.84. The van der Waals surface area contributed by atoms with Crippen molar-refractivity contribution in [2.75, 3.05) is 6.61 Å². The molecule has 1 heterocycles. The van der Waals surface area contributed by atoms with Gasteiger partial charge in [0, 0.05) is 6.04 Å². The van der Waals surface area contributed by atoms with Gasteiger partial charge >= 0.3 is 6.09 Å². The maximum absolute atomic E-state index is 11.6. The predicted octanol–water partition coefficient (Wildman–Crippen LogP) is 2.47. The molecule has 1 amide bonds. The lowest BCUT2D eigenvalue weighted by atomic mass is 9.84. The fourth-order valence-electron chi connectivity index (χ4n) is 2.44. The number of ether oxygens (including phenoxy) is 2. The highest BCUT2D eigenvalue weighted by Crippen LogP contribution is 2.33. The molecule has 0 radical (unpaired) electrons. The first kappa shape index (κ1) is 12.7. The molecule has 1 aliphatic heterocycles. The topological polar surface area (TPSA) is 50.9 Å². The van der Waals surface area contributed by atoms with Gasteiger partial charge in [-0.05, 0) is 52.4 Å². The molecule has 17 heavy (non-hydrogen) atoms. The standard InChI is InChI=1S/C13H23NO3/c1-13(2,3)17-12(15)14-10-6-4-9(5-7-10)11-8-16-11/h9-11H,4-8H2,1-3H3,(H,14,15)/t9?,10?,11-/m1/s1. The predicted molar refractivity (Wildman–Crippen MR) is 64.9 cm³/mol. The summed E-state index contributed by atoms with van der Waals surface area (Å²) in [7, 11) is 0. The number of carbonyl (C=O) groups excluding carboxylic acids is 1. The SMILES string of the molecule is CC(C)(C)OC(=O)NC1CCC([C@H]2CO2)CC1. The average molecular weight is 241 g/mol. The Labute approximate surface area is 103 Å². The molecule has 1 atom stereocenters. The van der Waals surface area contributed by atoms with E-state index >= 15 is 0 Å². The van der Waals surface area contributed by atoms with Crippen LogP contribution >= 0.6 is 0 Å². The Morgan fingerprint density at radius 2 is 1.82 bits per heavy atom. The van der Waals surface area contributed by atoms with Crippen LogP contribution in [-0.2, 0) is 9.47 Å². The molecule has 2 fully saturated rings. The van der Waals surface area contributed by atoms with Crippen LogP contribution < -0.4 is 5.32 Å². The maximum atomic E-state index is 11.6. The third kappa shape index (κ3) is 4.19. The number of alkyl carbamates (subject to hydrolysis) is 1. The minimum atomic E-state index is -0.414. The minimum Gasteiger partial charge on any atom is -0.444 e. The van der Waals surface area contributed by atoms with Crippen LogP contribution in [0, 0.1) is 5.92 Å². The number of hydrogen-bond donors (Lipinski definition) is 1. The van der Waals surface area contributed by atoms with Crippen LogP contribution in [0.1, 0.15) is 46.5 Å². The molecule has 0 spiro atoms. The van der Waals surface area contributed by atoms with E-state index in [0.29, 0.717) is 12.0 Å². The molecule has 2 aliphatic rings. The Morgan fingerprint density at radius 3 is 2.29 bits per heavy atom. The lowest BCUT2D eigenvalue weighted by Gasteiger charge is -2.29. The van der Waals surface area contributed by atoms with Crippen molar-refractivity contribution in [1.82, 2.24) is 5.32 Å². The highest BCUT2D eigenvalue weighted by Gasteiger charge is 2.35. The molecule has 2 rings (SSSR count). The molecule has 0 aromatic heterocycles. The summed E-state index contributed by atoms with van der Waals surface area (Å²) in [6, 6.07) is 0.278. The molecule has 0 bridgehead atoms.